The normalized spacial score (nSPS) is 17.2. The lowest BCUT2D eigenvalue weighted by Gasteiger charge is -2.19. The van der Waals surface area contributed by atoms with Gasteiger partial charge in [-0.25, -0.2) is 0 Å². The molecule has 0 aliphatic rings. The Morgan fingerprint density at radius 3 is 1.64 bits per heavy atom. The molecule has 45 heavy (non-hydrogen) atoms. The van der Waals surface area contributed by atoms with E-state index < -0.39 is 114 Å². The number of rotatable bonds is 4. The predicted molar refractivity (Wildman–Crippen MR) is 190 cm³/mol. The molecule has 1 heteroatoms. The zero-order valence-electron chi connectivity index (χ0n) is 41.2. The van der Waals surface area contributed by atoms with Crippen LogP contribution < -0.4 is 0 Å². The molecule has 0 aliphatic heterocycles. The van der Waals surface area contributed by atoms with Gasteiger partial charge in [0.15, 0.2) is 0 Å². The highest BCUT2D eigenvalue weighted by Gasteiger charge is 2.22. The van der Waals surface area contributed by atoms with Crippen molar-refractivity contribution < 1.29 is 29.1 Å². The molecule has 0 spiro atoms. The minimum atomic E-state index is -0.752. The molecule has 1 heterocycles. The summed E-state index contributed by atoms with van der Waals surface area (Å²) in [6, 6.07) is 4.42. The molecular weight excluding hydrogens is 544 g/mol. The lowest BCUT2D eigenvalue weighted by Crippen LogP contribution is -1.92. The van der Waals surface area contributed by atoms with Crippen LogP contribution in [0.5, 0.6) is 0 Å². The van der Waals surface area contributed by atoms with Gasteiger partial charge in [0.25, 0.3) is 0 Å². The van der Waals surface area contributed by atoms with Crippen LogP contribution >= 0.6 is 0 Å². The Hall–Kier alpha value is -5.92. The zero-order valence-corrected chi connectivity index (χ0v) is 23.2. The molecule has 0 bridgehead atoms. The Balaban J connectivity index is 1.55. The highest BCUT2D eigenvalue weighted by Crippen LogP contribution is 2.48. The van der Waals surface area contributed by atoms with E-state index in [9.17, 15) is 8.22 Å². The molecule has 1 nitrogen and oxygen atoms in total. The lowest BCUT2D eigenvalue weighted by molar-refractivity contribution is 0.670. The molecule has 0 fully saturated rings. The fraction of sp³-hybridized carbons (Fsp3) is 0. The number of benzene rings is 8. The molecule has 0 radical (unpaired) electrons. The van der Waals surface area contributed by atoms with E-state index in [1.807, 2.05) is 0 Å². The maximum Gasteiger partial charge on any atom is 0.143 e. The number of fused-ring (bicyclic) bond motifs is 5. The lowest BCUT2D eigenvalue weighted by atomic mass is 9.84. The third-order valence-electron chi connectivity index (χ3n) is 7.82. The first-order valence-corrected chi connectivity index (χ1v) is 14.0. The van der Waals surface area contributed by atoms with Crippen LogP contribution in [-0.4, -0.2) is 0 Å². The number of furan rings is 1. The summed E-state index contributed by atoms with van der Waals surface area (Å²) < 4.78 is 167. The molecule has 0 saturated heterocycles. The van der Waals surface area contributed by atoms with Crippen LogP contribution in [0.2, 0.25) is 0 Å². The van der Waals surface area contributed by atoms with Crippen molar-refractivity contribution >= 4 is 43.5 Å². The maximum absolute atomic E-state index is 9.46. The van der Waals surface area contributed by atoms with Crippen molar-refractivity contribution in [3.63, 3.8) is 0 Å². The van der Waals surface area contributed by atoms with Gasteiger partial charge in [0, 0.05) is 16.3 Å². The number of para-hydroxylation sites is 1. The molecular formula is C44H28O. The first-order chi connectivity index (χ1) is 29.8. The van der Waals surface area contributed by atoms with E-state index >= 15 is 0 Å². The van der Waals surface area contributed by atoms with Gasteiger partial charge in [-0.3, -0.25) is 0 Å². The third-order valence-corrected chi connectivity index (χ3v) is 7.82. The summed E-state index contributed by atoms with van der Waals surface area (Å²) in [7, 11) is 0. The second-order valence-corrected chi connectivity index (χ2v) is 10.3. The van der Waals surface area contributed by atoms with E-state index in [1.54, 1.807) is 24.3 Å². The van der Waals surface area contributed by atoms with Gasteiger partial charge in [-0.15, -0.1) is 0 Å². The average molecular weight is 591 g/mol. The fourth-order valence-electron chi connectivity index (χ4n) is 5.90. The van der Waals surface area contributed by atoms with E-state index in [2.05, 4.69) is 0 Å². The predicted octanol–water partition coefficient (Wildman–Crippen LogP) is 12.6. The van der Waals surface area contributed by atoms with Crippen LogP contribution in [0, 0.1) is 0 Å². The van der Waals surface area contributed by atoms with Crippen molar-refractivity contribution in [3.8, 4) is 44.5 Å². The van der Waals surface area contributed by atoms with E-state index in [0.29, 0.717) is 5.39 Å². The highest BCUT2D eigenvalue weighted by molar-refractivity contribution is 6.26. The molecule has 0 unspecified atom stereocenters. The van der Waals surface area contributed by atoms with Crippen LogP contribution in [0.4, 0.5) is 0 Å². The second kappa shape index (κ2) is 10.4. The summed E-state index contributed by atoms with van der Waals surface area (Å²) in [5, 5.41) is -0.701. The van der Waals surface area contributed by atoms with E-state index in [1.165, 1.54) is 36.4 Å². The van der Waals surface area contributed by atoms with Gasteiger partial charge in [0.2, 0.25) is 0 Å². The third kappa shape index (κ3) is 4.09. The Labute approximate surface area is 286 Å². The molecule has 9 rings (SSSR count). The van der Waals surface area contributed by atoms with Crippen molar-refractivity contribution in [2.75, 3.05) is 0 Å². The van der Waals surface area contributed by atoms with Gasteiger partial charge < -0.3 is 4.42 Å². The molecule has 0 amide bonds. The number of hydrogen-bond donors (Lipinski definition) is 0. The van der Waals surface area contributed by atoms with Gasteiger partial charge in [-0.05, 0) is 72.6 Å². The Bertz CT molecular complexity index is 3400. The molecule has 0 saturated carbocycles. The Morgan fingerprint density at radius 1 is 0.378 bits per heavy atom. The van der Waals surface area contributed by atoms with Crippen LogP contribution in [-0.2, 0) is 0 Å². The average Bonchev–Trinajstić information content (AvgIpc) is 3.67. The minimum Gasteiger partial charge on any atom is -0.455 e. The minimum absolute atomic E-state index is 0.00657. The monoisotopic (exact) mass is 590 g/mol. The summed E-state index contributed by atoms with van der Waals surface area (Å²) in [4.78, 5) is 0. The van der Waals surface area contributed by atoms with Crippen molar-refractivity contribution in [2.45, 2.75) is 0 Å². The second-order valence-electron chi connectivity index (χ2n) is 10.3. The molecule has 0 atom stereocenters. The maximum atomic E-state index is 9.46. The van der Waals surface area contributed by atoms with Crippen LogP contribution in [0.15, 0.2) is 174 Å². The summed E-state index contributed by atoms with van der Waals surface area (Å²) in [6.07, 6.45) is 0. The summed E-state index contributed by atoms with van der Waals surface area (Å²) in [5.41, 5.74) is -0.649. The van der Waals surface area contributed by atoms with Gasteiger partial charge in [-0.1, -0.05) is 157 Å². The summed E-state index contributed by atoms with van der Waals surface area (Å²) in [6.45, 7) is 0. The topological polar surface area (TPSA) is 13.1 Å². The van der Waals surface area contributed by atoms with Crippen molar-refractivity contribution in [1.29, 1.82) is 0 Å². The van der Waals surface area contributed by atoms with Gasteiger partial charge in [-0.2, -0.15) is 0 Å². The molecule has 8 aromatic carbocycles. The molecule has 0 aliphatic carbocycles. The molecule has 1 aromatic heterocycles. The molecule has 0 N–H and O–H groups in total. The smallest absolute Gasteiger partial charge is 0.143 e. The van der Waals surface area contributed by atoms with E-state index in [4.69, 9.17) is 20.9 Å². The highest BCUT2D eigenvalue weighted by atomic mass is 16.3. The number of hydrogen-bond acceptors (Lipinski definition) is 1. The fourth-order valence-corrected chi connectivity index (χ4v) is 5.90. The van der Waals surface area contributed by atoms with Crippen LogP contribution in [0.3, 0.4) is 0 Å². The Morgan fingerprint density at radius 2 is 0.956 bits per heavy atom. The van der Waals surface area contributed by atoms with Crippen LogP contribution in [0.25, 0.3) is 88.0 Å². The van der Waals surface area contributed by atoms with Crippen molar-refractivity contribution in [2.24, 2.45) is 0 Å². The van der Waals surface area contributed by atoms with E-state index in [-0.39, 0.29) is 77.5 Å². The first kappa shape index (κ1) is 13.4. The summed E-state index contributed by atoms with van der Waals surface area (Å²) in [5.74, 6) is 0. The van der Waals surface area contributed by atoms with Crippen molar-refractivity contribution in [3.05, 3.63) is 169 Å². The quantitative estimate of drug-likeness (QED) is 0.186. The van der Waals surface area contributed by atoms with E-state index in [0.717, 1.165) is 0 Å². The summed E-state index contributed by atoms with van der Waals surface area (Å²) >= 11 is 0. The van der Waals surface area contributed by atoms with Gasteiger partial charge >= 0.3 is 0 Å². The van der Waals surface area contributed by atoms with Crippen LogP contribution in [0.1, 0.15) is 24.7 Å². The molecule has 9 aromatic rings. The van der Waals surface area contributed by atoms with Gasteiger partial charge in [0.1, 0.15) is 11.2 Å². The van der Waals surface area contributed by atoms with Gasteiger partial charge in [0.05, 0.1) is 24.7 Å². The molecule has 210 valence electrons. The first-order valence-electron chi connectivity index (χ1n) is 23.0. The standard InChI is InChI=1S/C44H28O/c1-3-13-29(14-4-1)30-23-25-32(26-24-30)41-34-17-7-9-19-36(34)42(37-20-10-8-18-35(37)41)39-28-27-33(31-15-5-2-6-16-31)44-43(39)38-21-11-12-22-40(38)45-44/h1-28H/i1D,2D,5D,6D,7D,8D,9D,10D,15D,16D,17D,18D,19D,20D,23D,24D,25D,26D. The van der Waals surface area contributed by atoms with Crippen molar-refractivity contribution in [1.82, 2.24) is 0 Å². The largest absolute Gasteiger partial charge is 0.455 e. The Kier molecular flexibility index (Phi) is 3.08. The zero-order chi connectivity index (χ0) is 45.4. The SMILES string of the molecule is [2H]c1ccc(-c2c([2H])c([2H])c(-c3c4c([2H])c([2H])c([2H])c([2H])c4c(-c4ccc(-c5c([2H])c([2H])c([2H])c([2H])c5[2H])c5oc6ccccc6c45)c4c([2H])c([2H])c([2H])c([2H])c34)c([2H])c2[2H])cc1.